The third-order valence-electron chi connectivity index (χ3n) is 8.64. The topological polar surface area (TPSA) is 131 Å². The van der Waals surface area contributed by atoms with Crippen molar-refractivity contribution in [1.82, 2.24) is 20.9 Å². The standard InChI is InChI=1S/C41H59N5O5/c1-3-4-5-6-7-8-9-10-11-12-29-43-38(47)16-14-31-51-37-24-20-35(21-25-37)45-40(46-39(48)26-19-34-15-13-28-42-32-34)41(49)44-30-27-33-17-22-36(50-2)23-18-33/h13,15,17-18,20-25,28,32,40,45H,3-12,14,16,19,26-27,29-31H2,1-2H3,(H,43,47)(H,44,49)(H,46,48). The van der Waals surface area contributed by atoms with Gasteiger partial charge in [0.15, 0.2) is 6.17 Å². The largest absolute Gasteiger partial charge is 0.497 e. The van der Waals surface area contributed by atoms with Crippen LogP contribution >= 0.6 is 0 Å². The molecule has 0 aliphatic carbocycles. The fourth-order valence-electron chi connectivity index (χ4n) is 5.59. The number of aromatic nitrogens is 1. The predicted molar refractivity (Wildman–Crippen MR) is 204 cm³/mol. The van der Waals surface area contributed by atoms with E-state index in [-0.39, 0.29) is 24.1 Å². The highest BCUT2D eigenvalue weighted by atomic mass is 16.5. The Bertz CT molecular complexity index is 1390. The van der Waals surface area contributed by atoms with E-state index in [0.717, 1.165) is 36.3 Å². The molecule has 278 valence electrons. The maximum absolute atomic E-state index is 13.2. The van der Waals surface area contributed by atoms with Gasteiger partial charge >= 0.3 is 0 Å². The van der Waals surface area contributed by atoms with Crippen LogP contribution in [-0.2, 0) is 27.2 Å². The molecule has 0 saturated carbocycles. The number of aryl methyl sites for hydroxylation is 1. The quantitative estimate of drug-likeness (QED) is 0.0492. The van der Waals surface area contributed by atoms with E-state index >= 15 is 0 Å². The molecular formula is C41H59N5O5. The number of rotatable bonds is 27. The second-order valence-corrected chi connectivity index (χ2v) is 12.9. The van der Waals surface area contributed by atoms with Crippen molar-refractivity contribution in [1.29, 1.82) is 0 Å². The molecule has 0 aliphatic rings. The van der Waals surface area contributed by atoms with E-state index < -0.39 is 6.17 Å². The van der Waals surface area contributed by atoms with Gasteiger partial charge in [0.05, 0.1) is 13.7 Å². The van der Waals surface area contributed by atoms with Gasteiger partial charge in [-0.1, -0.05) is 82.9 Å². The molecule has 0 fully saturated rings. The molecule has 2 aromatic carbocycles. The van der Waals surface area contributed by atoms with Crippen molar-refractivity contribution in [3.63, 3.8) is 0 Å². The number of nitrogens with zero attached hydrogens (tertiary/aromatic N) is 1. The first-order valence-electron chi connectivity index (χ1n) is 18.8. The van der Waals surface area contributed by atoms with E-state index in [1.54, 1.807) is 43.8 Å². The number of methoxy groups -OCH3 is 1. The number of nitrogens with one attached hydrogen (secondary N) is 4. The van der Waals surface area contributed by atoms with Crippen LogP contribution in [0.5, 0.6) is 11.5 Å². The zero-order valence-electron chi connectivity index (χ0n) is 30.7. The molecule has 3 amide bonds. The van der Waals surface area contributed by atoms with Crippen molar-refractivity contribution < 1.29 is 23.9 Å². The smallest absolute Gasteiger partial charge is 0.263 e. The van der Waals surface area contributed by atoms with Crippen LogP contribution in [0.2, 0.25) is 0 Å². The molecule has 10 nitrogen and oxygen atoms in total. The van der Waals surface area contributed by atoms with Crippen molar-refractivity contribution >= 4 is 23.4 Å². The highest BCUT2D eigenvalue weighted by molar-refractivity contribution is 5.89. The SMILES string of the molecule is CCCCCCCCCCCCNC(=O)CCCOc1ccc(NC(NC(=O)CCc2cccnc2)C(=O)NCCc2ccc(OC)cc2)cc1. The normalized spacial score (nSPS) is 11.3. The van der Waals surface area contributed by atoms with Crippen molar-refractivity contribution in [2.75, 3.05) is 32.1 Å². The Morgan fingerprint density at radius 2 is 1.37 bits per heavy atom. The molecule has 0 radical (unpaired) electrons. The Morgan fingerprint density at radius 3 is 2.04 bits per heavy atom. The van der Waals surface area contributed by atoms with Gasteiger partial charge in [-0.15, -0.1) is 0 Å². The summed E-state index contributed by atoms with van der Waals surface area (Å²) in [5.41, 5.74) is 2.65. The summed E-state index contributed by atoms with van der Waals surface area (Å²) in [4.78, 5) is 42.4. The zero-order valence-corrected chi connectivity index (χ0v) is 30.7. The summed E-state index contributed by atoms with van der Waals surface area (Å²) in [6.45, 7) is 3.81. The van der Waals surface area contributed by atoms with Crippen molar-refractivity contribution in [2.45, 2.75) is 109 Å². The Morgan fingerprint density at radius 1 is 0.686 bits per heavy atom. The van der Waals surface area contributed by atoms with E-state index in [2.05, 4.69) is 33.2 Å². The average Bonchev–Trinajstić information content (AvgIpc) is 3.15. The van der Waals surface area contributed by atoms with Gasteiger partial charge in [0.2, 0.25) is 11.8 Å². The van der Waals surface area contributed by atoms with Crippen molar-refractivity contribution in [2.24, 2.45) is 0 Å². The molecule has 3 aromatic rings. The lowest BCUT2D eigenvalue weighted by molar-refractivity contribution is -0.128. The third-order valence-corrected chi connectivity index (χ3v) is 8.64. The van der Waals surface area contributed by atoms with Gasteiger partial charge in [-0.2, -0.15) is 0 Å². The minimum absolute atomic E-state index is 0.0601. The summed E-state index contributed by atoms with van der Waals surface area (Å²) < 4.78 is 11.1. The number of unbranched alkanes of at least 4 members (excludes halogenated alkanes) is 9. The third kappa shape index (κ3) is 18.3. The van der Waals surface area contributed by atoms with E-state index in [0.29, 0.717) is 50.3 Å². The van der Waals surface area contributed by atoms with Crippen LogP contribution in [0.15, 0.2) is 73.1 Å². The second-order valence-electron chi connectivity index (χ2n) is 12.9. The summed E-state index contributed by atoms with van der Waals surface area (Å²) in [7, 11) is 1.62. The zero-order chi connectivity index (χ0) is 36.4. The molecule has 0 aliphatic heterocycles. The molecule has 3 rings (SSSR count). The summed E-state index contributed by atoms with van der Waals surface area (Å²) >= 11 is 0. The first kappa shape index (κ1) is 40.8. The summed E-state index contributed by atoms with van der Waals surface area (Å²) in [6, 6.07) is 18.6. The molecule has 1 unspecified atom stereocenters. The van der Waals surface area contributed by atoms with Crippen LogP contribution in [0, 0.1) is 0 Å². The highest BCUT2D eigenvalue weighted by Crippen LogP contribution is 2.17. The fourth-order valence-corrected chi connectivity index (χ4v) is 5.59. The lowest BCUT2D eigenvalue weighted by Crippen LogP contribution is -2.51. The summed E-state index contributed by atoms with van der Waals surface area (Å²) in [5, 5.41) is 11.9. The minimum Gasteiger partial charge on any atom is -0.497 e. The average molecular weight is 702 g/mol. The van der Waals surface area contributed by atoms with Gasteiger partial charge in [-0.3, -0.25) is 19.4 Å². The lowest BCUT2D eigenvalue weighted by Gasteiger charge is -2.21. The summed E-state index contributed by atoms with van der Waals surface area (Å²) in [6.07, 6.45) is 17.6. The number of carbonyl (C=O) groups excluding carboxylic acids is 3. The van der Waals surface area contributed by atoms with E-state index in [4.69, 9.17) is 9.47 Å². The molecule has 10 heteroatoms. The van der Waals surface area contributed by atoms with Crippen LogP contribution in [-0.4, -0.2) is 55.7 Å². The van der Waals surface area contributed by atoms with Gasteiger partial charge < -0.3 is 30.7 Å². The molecular weight excluding hydrogens is 642 g/mol. The predicted octanol–water partition coefficient (Wildman–Crippen LogP) is 7.13. The lowest BCUT2D eigenvalue weighted by atomic mass is 10.1. The van der Waals surface area contributed by atoms with Gasteiger partial charge in [0, 0.05) is 44.0 Å². The van der Waals surface area contributed by atoms with Crippen molar-refractivity contribution in [3.05, 3.63) is 84.2 Å². The minimum atomic E-state index is -0.979. The van der Waals surface area contributed by atoms with E-state index in [9.17, 15) is 14.4 Å². The fraction of sp³-hybridized carbons (Fsp3) is 0.512. The number of anilines is 1. The molecule has 0 saturated heterocycles. The molecule has 1 aromatic heterocycles. The number of benzene rings is 2. The first-order valence-corrected chi connectivity index (χ1v) is 18.8. The van der Waals surface area contributed by atoms with Gasteiger partial charge in [-0.05, 0) is 79.3 Å². The Kier molecular flexibility index (Phi) is 20.3. The molecule has 51 heavy (non-hydrogen) atoms. The Balaban J connectivity index is 1.37. The van der Waals surface area contributed by atoms with Crippen LogP contribution < -0.4 is 30.7 Å². The molecule has 1 heterocycles. The van der Waals surface area contributed by atoms with Crippen molar-refractivity contribution in [3.8, 4) is 11.5 Å². The number of pyridine rings is 1. The number of carbonyl (C=O) groups is 3. The Hall–Kier alpha value is -4.60. The Labute approximate surface area is 304 Å². The number of amides is 3. The molecule has 1 atom stereocenters. The van der Waals surface area contributed by atoms with Crippen LogP contribution in [0.25, 0.3) is 0 Å². The second kappa shape index (κ2) is 25.4. The monoisotopic (exact) mass is 701 g/mol. The van der Waals surface area contributed by atoms with E-state index in [1.165, 1.54) is 51.4 Å². The maximum atomic E-state index is 13.2. The number of ether oxygens (including phenoxy) is 2. The van der Waals surface area contributed by atoms with Gasteiger partial charge in [0.1, 0.15) is 11.5 Å². The van der Waals surface area contributed by atoms with Gasteiger partial charge in [-0.25, -0.2) is 0 Å². The highest BCUT2D eigenvalue weighted by Gasteiger charge is 2.20. The number of hydrogen-bond donors (Lipinski definition) is 4. The molecule has 4 N–H and O–H groups in total. The molecule has 0 bridgehead atoms. The van der Waals surface area contributed by atoms with Gasteiger partial charge in [0.25, 0.3) is 5.91 Å². The first-order chi connectivity index (χ1) is 25.0. The molecule has 0 spiro atoms. The van der Waals surface area contributed by atoms with E-state index in [1.807, 2.05) is 36.4 Å². The van der Waals surface area contributed by atoms with Crippen LogP contribution in [0.4, 0.5) is 5.69 Å². The summed E-state index contributed by atoms with van der Waals surface area (Å²) in [5.74, 6) is 0.895. The number of hydrogen-bond acceptors (Lipinski definition) is 7. The van der Waals surface area contributed by atoms with Crippen LogP contribution in [0.3, 0.4) is 0 Å². The maximum Gasteiger partial charge on any atom is 0.263 e. The van der Waals surface area contributed by atoms with Crippen LogP contribution in [0.1, 0.15) is 102 Å².